The van der Waals surface area contributed by atoms with Crippen LogP contribution in [0.25, 0.3) is 0 Å². The van der Waals surface area contributed by atoms with E-state index in [-0.39, 0.29) is 0 Å². The summed E-state index contributed by atoms with van der Waals surface area (Å²) in [4.78, 5) is 24.0. The molecule has 0 radical (unpaired) electrons. The summed E-state index contributed by atoms with van der Waals surface area (Å²) in [5, 5.41) is 10.2. The number of aromatic nitrogens is 1. The number of aliphatic hydroxyl groups excluding tert-OH is 1. The Morgan fingerprint density at radius 1 is 1.24 bits per heavy atom. The lowest BCUT2D eigenvalue weighted by molar-refractivity contribution is -0.201. The fraction of sp³-hybridized carbons (Fsp3) is 0.400. The maximum atomic E-state index is 12.3. The standard InChI is InChI=1S/C10H8F6N2O3/c11-9(12,13)5-2-1-4(8(21)18-5)7(20)17-3-6(19)10(14,15)16/h1-2,6,19H,3H2,(H,17,20)(H,18,21). The first-order valence-corrected chi connectivity index (χ1v) is 5.26. The van der Waals surface area contributed by atoms with Gasteiger partial charge in [-0.3, -0.25) is 9.59 Å². The molecular formula is C10H8F6N2O3. The average Bonchev–Trinajstić information content (AvgIpc) is 2.33. The Labute approximate surface area is 112 Å². The average molecular weight is 318 g/mol. The van der Waals surface area contributed by atoms with Gasteiger partial charge in [-0.1, -0.05) is 0 Å². The van der Waals surface area contributed by atoms with E-state index < -0.39 is 47.7 Å². The SMILES string of the molecule is O=C(NCC(O)C(F)(F)F)c1ccc(C(F)(F)F)[nH]c1=O. The number of carbonyl (C=O) groups is 1. The Kier molecular flexibility index (Phi) is 4.66. The topological polar surface area (TPSA) is 82.2 Å². The first-order valence-electron chi connectivity index (χ1n) is 5.26. The Balaban J connectivity index is 2.83. The Bertz CT molecular complexity index is 577. The molecule has 1 aromatic heterocycles. The van der Waals surface area contributed by atoms with Gasteiger partial charge in [0, 0.05) is 0 Å². The highest BCUT2D eigenvalue weighted by atomic mass is 19.4. The van der Waals surface area contributed by atoms with E-state index in [0.717, 1.165) is 0 Å². The number of hydrogen-bond acceptors (Lipinski definition) is 3. The number of nitrogens with one attached hydrogen (secondary N) is 2. The fourth-order valence-corrected chi connectivity index (χ4v) is 1.22. The number of carbonyl (C=O) groups excluding carboxylic acids is 1. The van der Waals surface area contributed by atoms with Crippen LogP contribution in [0.3, 0.4) is 0 Å². The minimum absolute atomic E-state index is 0.399. The van der Waals surface area contributed by atoms with Crippen LogP contribution in [0.1, 0.15) is 16.1 Å². The van der Waals surface area contributed by atoms with Crippen molar-refractivity contribution in [3.63, 3.8) is 0 Å². The fourth-order valence-electron chi connectivity index (χ4n) is 1.22. The monoisotopic (exact) mass is 318 g/mol. The molecule has 0 bridgehead atoms. The summed E-state index contributed by atoms with van der Waals surface area (Å²) < 4.78 is 72.7. The Hall–Kier alpha value is -2.04. The number of H-pyrrole nitrogens is 1. The van der Waals surface area contributed by atoms with Crippen molar-refractivity contribution in [2.45, 2.75) is 18.5 Å². The molecule has 0 aromatic carbocycles. The molecule has 0 aliphatic rings. The van der Waals surface area contributed by atoms with E-state index in [1.54, 1.807) is 5.32 Å². The Morgan fingerprint density at radius 3 is 2.24 bits per heavy atom. The summed E-state index contributed by atoms with van der Waals surface area (Å²) in [5.74, 6) is -1.34. The van der Waals surface area contributed by atoms with Crippen LogP contribution >= 0.6 is 0 Å². The highest BCUT2D eigenvalue weighted by Crippen LogP contribution is 2.26. The predicted octanol–water partition coefficient (Wildman–Crippen LogP) is 1.05. The third-order valence-electron chi connectivity index (χ3n) is 2.29. The minimum atomic E-state index is -4.97. The lowest BCUT2D eigenvalue weighted by atomic mass is 10.2. The lowest BCUT2D eigenvalue weighted by Gasteiger charge is -2.15. The molecule has 3 N–H and O–H groups in total. The van der Waals surface area contributed by atoms with E-state index in [1.807, 2.05) is 0 Å². The zero-order valence-corrected chi connectivity index (χ0v) is 9.97. The summed E-state index contributed by atoms with van der Waals surface area (Å²) in [7, 11) is 0. The molecule has 1 amide bonds. The first-order chi connectivity index (χ1) is 9.43. The molecule has 118 valence electrons. The predicted molar refractivity (Wildman–Crippen MR) is 56.5 cm³/mol. The second kappa shape index (κ2) is 5.76. The van der Waals surface area contributed by atoms with Crippen LogP contribution in [0.5, 0.6) is 0 Å². The molecule has 1 atom stereocenters. The normalized spacial score (nSPS) is 13.9. The van der Waals surface area contributed by atoms with Gasteiger partial charge in [-0.05, 0) is 12.1 Å². The first kappa shape index (κ1) is 17.0. The number of aromatic amines is 1. The van der Waals surface area contributed by atoms with Gasteiger partial charge in [-0.25, -0.2) is 0 Å². The molecule has 1 unspecified atom stereocenters. The smallest absolute Gasteiger partial charge is 0.382 e. The molecular weight excluding hydrogens is 310 g/mol. The molecule has 0 fully saturated rings. The zero-order chi connectivity index (χ0) is 16.4. The van der Waals surface area contributed by atoms with Crippen molar-refractivity contribution in [2.24, 2.45) is 0 Å². The Morgan fingerprint density at radius 2 is 1.81 bits per heavy atom. The summed E-state index contributed by atoms with van der Waals surface area (Å²) in [6, 6.07) is 0.924. The number of hydrogen-bond donors (Lipinski definition) is 3. The van der Waals surface area contributed by atoms with Gasteiger partial charge in [0.25, 0.3) is 11.5 Å². The highest BCUT2D eigenvalue weighted by Gasteiger charge is 2.38. The number of rotatable bonds is 3. The van der Waals surface area contributed by atoms with Crippen LogP contribution in [0, 0.1) is 0 Å². The van der Waals surface area contributed by atoms with E-state index in [9.17, 15) is 35.9 Å². The second-order valence-corrected chi connectivity index (χ2v) is 3.88. The van der Waals surface area contributed by atoms with Crippen molar-refractivity contribution in [3.8, 4) is 0 Å². The molecule has 1 heterocycles. The zero-order valence-electron chi connectivity index (χ0n) is 9.97. The molecule has 0 saturated carbocycles. The third-order valence-corrected chi connectivity index (χ3v) is 2.29. The molecule has 0 aliphatic heterocycles. The lowest BCUT2D eigenvalue weighted by Crippen LogP contribution is -2.42. The number of aliphatic hydroxyl groups is 1. The van der Waals surface area contributed by atoms with Crippen molar-refractivity contribution in [3.05, 3.63) is 33.7 Å². The number of halogens is 6. The molecule has 5 nitrogen and oxygen atoms in total. The van der Waals surface area contributed by atoms with E-state index >= 15 is 0 Å². The van der Waals surface area contributed by atoms with Gasteiger partial charge in [0.15, 0.2) is 6.10 Å². The maximum Gasteiger partial charge on any atom is 0.431 e. The molecule has 0 saturated heterocycles. The van der Waals surface area contributed by atoms with E-state index in [4.69, 9.17) is 5.11 Å². The van der Waals surface area contributed by atoms with Gasteiger partial charge in [0.2, 0.25) is 0 Å². The molecule has 0 aliphatic carbocycles. The van der Waals surface area contributed by atoms with Crippen molar-refractivity contribution in [1.82, 2.24) is 10.3 Å². The maximum absolute atomic E-state index is 12.3. The van der Waals surface area contributed by atoms with Gasteiger partial charge in [0.05, 0.1) is 6.54 Å². The molecule has 21 heavy (non-hydrogen) atoms. The van der Waals surface area contributed by atoms with Crippen molar-refractivity contribution in [2.75, 3.05) is 6.54 Å². The van der Waals surface area contributed by atoms with Gasteiger partial charge in [-0.15, -0.1) is 0 Å². The van der Waals surface area contributed by atoms with Gasteiger partial charge in [0.1, 0.15) is 11.3 Å². The van der Waals surface area contributed by atoms with Gasteiger partial charge in [-0.2, -0.15) is 26.3 Å². The van der Waals surface area contributed by atoms with E-state index in [0.29, 0.717) is 12.1 Å². The minimum Gasteiger partial charge on any atom is -0.382 e. The van der Waals surface area contributed by atoms with Crippen LogP contribution in [0.15, 0.2) is 16.9 Å². The van der Waals surface area contributed by atoms with Crippen molar-refractivity contribution in [1.29, 1.82) is 0 Å². The van der Waals surface area contributed by atoms with E-state index in [2.05, 4.69) is 0 Å². The van der Waals surface area contributed by atoms with Crippen molar-refractivity contribution >= 4 is 5.91 Å². The largest absolute Gasteiger partial charge is 0.431 e. The van der Waals surface area contributed by atoms with Gasteiger partial charge < -0.3 is 15.4 Å². The third kappa shape index (κ3) is 4.48. The summed E-state index contributed by atoms with van der Waals surface area (Å²) in [6.07, 6.45) is -12.7. The van der Waals surface area contributed by atoms with Crippen LogP contribution in [0.4, 0.5) is 26.3 Å². The summed E-state index contributed by atoms with van der Waals surface area (Å²) in [6.45, 7) is -1.23. The van der Waals surface area contributed by atoms with Crippen LogP contribution < -0.4 is 10.9 Å². The summed E-state index contributed by atoms with van der Waals surface area (Å²) in [5.41, 5.74) is -3.62. The van der Waals surface area contributed by atoms with Crippen LogP contribution in [-0.4, -0.2) is 34.8 Å². The molecule has 11 heteroatoms. The number of alkyl halides is 6. The summed E-state index contributed by atoms with van der Waals surface area (Å²) >= 11 is 0. The van der Waals surface area contributed by atoms with Crippen LogP contribution in [0.2, 0.25) is 0 Å². The second-order valence-electron chi connectivity index (χ2n) is 3.88. The number of amides is 1. The molecule has 1 aromatic rings. The highest BCUT2D eigenvalue weighted by molar-refractivity contribution is 5.93. The van der Waals surface area contributed by atoms with Gasteiger partial charge >= 0.3 is 12.4 Å². The van der Waals surface area contributed by atoms with E-state index in [1.165, 1.54) is 4.98 Å². The number of pyridine rings is 1. The van der Waals surface area contributed by atoms with Crippen LogP contribution in [-0.2, 0) is 6.18 Å². The quantitative estimate of drug-likeness (QED) is 0.729. The van der Waals surface area contributed by atoms with Crippen molar-refractivity contribution < 1.29 is 36.2 Å². The molecule has 0 spiro atoms. The molecule has 1 rings (SSSR count).